The Hall–Kier alpha value is -2.24. The second kappa shape index (κ2) is 6.47. The Labute approximate surface area is 124 Å². The summed E-state index contributed by atoms with van der Waals surface area (Å²) in [5, 5.41) is 2.64. The van der Waals surface area contributed by atoms with Gasteiger partial charge in [0.2, 0.25) is 5.91 Å². The lowest BCUT2D eigenvalue weighted by atomic mass is 9.96. The molecule has 0 radical (unpaired) electrons. The van der Waals surface area contributed by atoms with Crippen LogP contribution < -0.4 is 15.8 Å². The number of nitrogens with zero attached hydrogens (tertiary/aromatic N) is 1. The summed E-state index contributed by atoms with van der Waals surface area (Å²) >= 11 is 0. The first kappa shape index (κ1) is 15.2. The van der Waals surface area contributed by atoms with Gasteiger partial charge in [0.25, 0.3) is 5.91 Å². The molecule has 1 fully saturated rings. The average molecular weight is 291 g/mol. The largest absolute Gasteiger partial charge is 0.497 e. The number of hydrogen-bond acceptors (Lipinski definition) is 4. The van der Waals surface area contributed by atoms with Gasteiger partial charge in [-0.25, -0.2) is 0 Å². The van der Waals surface area contributed by atoms with Crippen LogP contribution in [-0.4, -0.2) is 44.0 Å². The number of anilines is 1. The third-order valence-corrected chi connectivity index (χ3v) is 3.82. The monoisotopic (exact) mass is 291 g/mol. The van der Waals surface area contributed by atoms with E-state index >= 15 is 0 Å². The van der Waals surface area contributed by atoms with Gasteiger partial charge >= 0.3 is 0 Å². The van der Waals surface area contributed by atoms with E-state index in [1.54, 1.807) is 37.3 Å². The molecule has 0 spiro atoms. The molecule has 1 aliphatic rings. The lowest BCUT2D eigenvalue weighted by Crippen LogP contribution is -2.45. The third-order valence-electron chi connectivity index (χ3n) is 3.82. The number of nitrogens with two attached hydrogens (primary N) is 1. The van der Waals surface area contributed by atoms with Crippen molar-refractivity contribution in [2.24, 2.45) is 5.92 Å². The normalized spacial score (nSPS) is 18.2. The Morgan fingerprint density at radius 3 is 2.86 bits per heavy atom. The molecule has 1 heterocycles. The first-order chi connectivity index (χ1) is 10.1. The summed E-state index contributed by atoms with van der Waals surface area (Å²) in [6.07, 6.45) is 1.62. The number of carbonyl (C=O) groups excluding carboxylic acids is 2. The molecule has 3 N–H and O–H groups in total. The fraction of sp³-hybridized carbons (Fsp3) is 0.467. The van der Waals surface area contributed by atoms with Crippen LogP contribution in [0.3, 0.4) is 0 Å². The number of methoxy groups -OCH3 is 1. The molecule has 0 aromatic heterocycles. The van der Waals surface area contributed by atoms with Gasteiger partial charge in [0.05, 0.1) is 18.6 Å². The van der Waals surface area contributed by atoms with Crippen LogP contribution in [0.2, 0.25) is 0 Å². The zero-order valence-corrected chi connectivity index (χ0v) is 12.4. The van der Waals surface area contributed by atoms with Crippen molar-refractivity contribution in [1.29, 1.82) is 0 Å². The van der Waals surface area contributed by atoms with Gasteiger partial charge in [-0.3, -0.25) is 9.59 Å². The van der Waals surface area contributed by atoms with Gasteiger partial charge in [-0.05, 0) is 31.0 Å². The van der Waals surface area contributed by atoms with Crippen molar-refractivity contribution >= 4 is 17.5 Å². The molecule has 2 amide bonds. The Kier molecular flexibility index (Phi) is 4.67. The minimum Gasteiger partial charge on any atom is -0.497 e. The number of nitrogen functional groups attached to an aromatic ring is 1. The van der Waals surface area contributed by atoms with Gasteiger partial charge < -0.3 is 20.7 Å². The minimum atomic E-state index is -0.153. The maximum atomic E-state index is 12.6. The molecule has 6 nitrogen and oxygen atoms in total. The predicted octanol–water partition coefficient (Wildman–Crippen LogP) is 0.876. The van der Waals surface area contributed by atoms with Gasteiger partial charge in [0.1, 0.15) is 5.75 Å². The summed E-state index contributed by atoms with van der Waals surface area (Å²) < 4.78 is 5.13. The lowest BCUT2D eigenvalue weighted by molar-refractivity contribution is -0.125. The van der Waals surface area contributed by atoms with E-state index in [2.05, 4.69) is 5.32 Å². The van der Waals surface area contributed by atoms with Crippen LogP contribution in [0, 0.1) is 5.92 Å². The Morgan fingerprint density at radius 1 is 1.43 bits per heavy atom. The number of benzene rings is 1. The van der Waals surface area contributed by atoms with E-state index < -0.39 is 0 Å². The van der Waals surface area contributed by atoms with E-state index in [1.807, 2.05) is 0 Å². The molecule has 6 heteroatoms. The number of rotatable bonds is 3. The fourth-order valence-electron chi connectivity index (χ4n) is 2.60. The van der Waals surface area contributed by atoms with Gasteiger partial charge in [0, 0.05) is 25.8 Å². The van der Waals surface area contributed by atoms with Crippen LogP contribution in [-0.2, 0) is 4.79 Å². The van der Waals surface area contributed by atoms with Crippen LogP contribution in [0.15, 0.2) is 18.2 Å². The molecule has 1 aliphatic heterocycles. The second-order valence-electron chi connectivity index (χ2n) is 5.16. The van der Waals surface area contributed by atoms with Crippen molar-refractivity contribution in [1.82, 2.24) is 10.2 Å². The van der Waals surface area contributed by atoms with Crippen LogP contribution in [0.25, 0.3) is 0 Å². The SMILES string of the molecule is CNC(=O)C1CCCN(C(=O)c2cc(OC)ccc2N)C1. The number of amides is 2. The van der Waals surface area contributed by atoms with Crippen LogP contribution in [0.5, 0.6) is 5.75 Å². The molecule has 0 saturated carbocycles. The number of hydrogen-bond donors (Lipinski definition) is 2. The van der Waals surface area contributed by atoms with Crippen molar-refractivity contribution < 1.29 is 14.3 Å². The summed E-state index contributed by atoms with van der Waals surface area (Å²) in [6.45, 7) is 1.07. The minimum absolute atomic E-state index is 0.0221. The molecule has 1 atom stereocenters. The van der Waals surface area contributed by atoms with Crippen molar-refractivity contribution in [2.45, 2.75) is 12.8 Å². The highest BCUT2D eigenvalue weighted by Gasteiger charge is 2.29. The Balaban J connectivity index is 2.17. The molecule has 0 bridgehead atoms. The molecule has 2 rings (SSSR count). The van der Waals surface area contributed by atoms with Crippen LogP contribution >= 0.6 is 0 Å². The van der Waals surface area contributed by atoms with E-state index in [4.69, 9.17) is 10.5 Å². The summed E-state index contributed by atoms with van der Waals surface area (Å²) in [5.74, 6) is 0.262. The quantitative estimate of drug-likeness (QED) is 0.810. The number of ether oxygens (including phenoxy) is 1. The van der Waals surface area contributed by atoms with E-state index in [0.29, 0.717) is 30.1 Å². The van der Waals surface area contributed by atoms with E-state index in [-0.39, 0.29) is 17.7 Å². The highest BCUT2D eigenvalue weighted by atomic mass is 16.5. The van der Waals surface area contributed by atoms with Gasteiger partial charge in [-0.1, -0.05) is 0 Å². The highest BCUT2D eigenvalue weighted by Crippen LogP contribution is 2.24. The zero-order valence-electron chi connectivity index (χ0n) is 12.4. The smallest absolute Gasteiger partial charge is 0.256 e. The summed E-state index contributed by atoms with van der Waals surface area (Å²) in [6, 6.07) is 5.02. The van der Waals surface area contributed by atoms with Crippen molar-refractivity contribution in [3.63, 3.8) is 0 Å². The Morgan fingerprint density at radius 2 is 2.19 bits per heavy atom. The molecular weight excluding hydrogens is 270 g/mol. The van der Waals surface area contributed by atoms with Crippen molar-refractivity contribution in [3.8, 4) is 5.75 Å². The standard InChI is InChI=1S/C15H21N3O3/c1-17-14(19)10-4-3-7-18(9-10)15(20)12-8-11(21-2)5-6-13(12)16/h5-6,8,10H,3-4,7,9,16H2,1-2H3,(H,17,19). The lowest BCUT2D eigenvalue weighted by Gasteiger charge is -2.32. The maximum absolute atomic E-state index is 12.6. The van der Waals surface area contributed by atoms with Gasteiger partial charge in [-0.15, -0.1) is 0 Å². The highest BCUT2D eigenvalue weighted by molar-refractivity contribution is 5.99. The Bertz CT molecular complexity index is 545. The van der Waals surface area contributed by atoms with E-state index in [0.717, 1.165) is 12.8 Å². The average Bonchev–Trinajstić information content (AvgIpc) is 2.54. The summed E-state index contributed by atoms with van der Waals surface area (Å²) in [4.78, 5) is 26.0. The van der Waals surface area contributed by atoms with Crippen LogP contribution in [0.1, 0.15) is 23.2 Å². The zero-order chi connectivity index (χ0) is 15.4. The molecule has 1 aromatic rings. The molecule has 0 aliphatic carbocycles. The maximum Gasteiger partial charge on any atom is 0.256 e. The molecule has 1 saturated heterocycles. The topological polar surface area (TPSA) is 84.7 Å². The summed E-state index contributed by atoms with van der Waals surface area (Å²) in [5.41, 5.74) is 6.73. The van der Waals surface area contributed by atoms with Crippen molar-refractivity contribution in [2.75, 3.05) is 33.0 Å². The first-order valence-corrected chi connectivity index (χ1v) is 7.01. The molecule has 1 aromatic carbocycles. The van der Waals surface area contributed by atoms with Crippen LogP contribution in [0.4, 0.5) is 5.69 Å². The van der Waals surface area contributed by atoms with E-state index in [1.165, 1.54) is 0 Å². The third kappa shape index (κ3) is 3.26. The predicted molar refractivity (Wildman–Crippen MR) is 80.1 cm³/mol. The number of carbonyl (C=O) groups is 2. The van der Waals surface area contributed by atoms with Gasteiger partial charge in [-0.2, -0.15) is 0 Å². The molecule has 21 heavy (non-hydrogen) atoms. The number of piperidine rings is 1. The molecular formula is C15H21N3O3. The second-order valence-corrected chi connectivity index (χ2v) is 5.16. The van der Waals surface area contributed by atoms with Crippen molar-refractivity contribution in [3.05, 3.63) is 23.8 Å². The fourth-order valence-corrected chi connectivity index (χ4v) is 2.60. The summed E-state index contributed by atoms with van der Waals surface area (Å²) in [7, 11) is 3.16. The molecule has 1 unspecified atom stereocenters. The number of nitrogens with one attached hydrogen (secondary N) is 1. The first-order valence-electron chi connectivity index (χ1n) is 7.01. The van der Waals surface area contributed by atoms with E-state index in [9.17, 15) is 9.59 Å². The molecule has 114 valence electrons. The van der Waals surface area contributed by atoms with Gasteiger partial charge in [0.15, 0.2) is 0 Å². The number of likely N-dealkylation sites (tertiary alicyclic amines) is 1.